The maximum atomic E-state index is 12.0. The van der Waals surface area contributed by atoms with Crippen molar-refractivity contribution < 1.29 is 9.53 Å². The summed E-state index contributed by atoms with van der Waals surface area (Å²) in [7, 11) is 0. The third-order valence-corrected chi connectivity index (χ3v) is 4.36. The lowest BCUT2D eigenvalue weighted by molar-refractivity contribution is 0.0279. The van der Waals surface area contributed by atoms with Crippen molar-refractivity contribution in [1.29, 1.82) is 0 Å². The first-order valence-electron chi connectivity index (χ1n) is 7.60. The Bertz CT molecular complexity index is 325. The van der Waals surface area contributed by atoms with Crippen LogP contribution in [0.15, 0.2) is 0 Å². The number of nitrogens with two attached hydrogens (primary N) is 1. The number of carbonyl (C=O) groups is 1. The molecule has 2 N–H and O–H groups in total. The van der Waals surface area contributed by atoms with E-state index in [0.717, 1.165) is 25.9 Å². The van der Waals surface area contributed by atoms with E-state index in [0.29, 0.717) is 17.9 Å². The van der Waals surface area contributed by atoms with Gasteiger partial charge in [-0.15, -0.1) is 0 Å². The van der Waals surface area contributed by atoms with Gasteiger partial charge in [0.05, 0.1) is 0 Å². The first-order valence-corrected chi connectivity index (χ1v) is 7.60. The largest absolute Gasteiger partial charge is 0.444 e. The van der Waals surface area contributed by atoms with E-state index < -0.39 is 5.60 Å². The predicted molar refractivity (Wildman–Crippen MR) is 75.8 cm³/mol. The number of likely N-dealkylation sites (tertiary alicyclic amines) is 1. The molecule has 3 atom stereocenters. The van der Waals surface area contributed by atoms with Gasteiger partial charge in [0.1, 0.15) is 5.60 Å². The summed E-state index contributed by atoms with van der Waals surface area (Å²) in [5.41, 5.74) is 5.84. The molecule has 0 aromatic heterocycles. The van der Waals surface area contributed by atoms with Gasteiger partial charge in [0, 0.05) is 19.1 Å². The Labute approximate surface area is 116 Å². The van der Waals surface area contributed by atoms with Crippen LogP contribution in [0.25, 0.3) is 0 Å². The third-order valence-electron chi connectivity index (χ3n) is 4.36. The monoisotopic (exact) mass is 268 g/mol. The molecule has 1 aliphatic heterocycles. The highest BCUT2D eigenvalue weighted by Crippen LogP contribution is 2.34. The van der Waals surface area contributed by atoms with Crippen LogP contribution in [0, 0.1) is 11.8 Å². The number of nitrogens with zero attached hydrogens (tertiary/aromatic N) is 1. The van der Waals surface area contributed by atoms with Gasteiger partial charge < -0.3 is 15.4 Å². The first-order chi connectivity index (χ1) is 8.87. The SMILES string of the molecule is CC(C)(C)OC(=O)N1CCC(C2CCCCC2N)C1. The Morgan fingerprint density at radius 2 is 1.89 bits per heavy atom. The van der Waals surface area contributed by atoms with Crippen LogP contribution in [0.2, 0.25) is 0 Å². The molecule has 1 saturated heterocycles. The van der Waals surface area contributed by atoms with Crippen LogP contribution in [0.1, 0.15) is 52.9 Å². The van der Waals surface area contributed by atoms with E-state index in [9.17, 15) is 4.79 Å². The lowest BCUT2D eigenvalue weighted by Gasteiger charge is -2.33. The topological polar surface area (TPSA) is 55.6 Å². The van der Waals surface area contributed by atoms with Crippen molar-refractivity contribution >= 4 is 6.09 Å². The highest BCUT2D eigenvalue weighted by atomic mass is 16.6. The van der Waals surface area contributed by atoms with Crippen LogP contribution in [-0.4, -0.2) is 35.7 Å². The number of carbonyl (C=O) groups excluding carboxylic acids is 1. The van der Waals surface area contributed by atoms with Crippen molar-refractivity contribution in [3.05, 3.63) is 0 Å². The van der Waals surface area contributed by atoms with Crippen LogP contribution < -0.4 is 5.73 Å². The zero-order chi connectivity index (χ0) is 14.0. The fourth-order valence-corrected chi connectivity index (χ4v) is 3.40. The summed E-state index contributed by atoms with van der Waals surface area (Å²) < 4.78 is 5.44. The minimum Gasteiger partial charge on any atom is -0.444 e. The van der Waals surface area contributed by atoms with E-state index in [1.807, 2.05) is 25.7 Å². The van der Waals surface area contributed by atoms with E-state index in [1.165, 1.54) is 19.3 Å². The Morgan fingerprint density at radius 1 is 1.21 bits per heavy atom. The molecule has 2 rings (SSSR count). The van der Waals surface area contributed by atoms with Crippen LogP contribution in [0.5, 0.6) is 0 Å². The van der Waals surface area contributed by atoms with Gasteiger partial charge in [0.2, 0.25) is 0 Å². The number of rotatable bonds is 1. The highest BCUT2D eigenvalue weighted by Gasteiger charge is 2.36. The van der Waals surface area contributed by atoms with Crippen molar-refractivity contribution in [2.45, 2.75) is 64.5 Å². The molecule has 4 nitrogen and oxygen atoms in total. The van der Waals surface area contributed by atoms with Crippen molar-refractivity contribution in [1.82, 2.24) is 4.90 Å². The molecule has 0 aromatic carbocycles. The summed E-state index contributed by atoms with van der Waals surface area (Å²) in [5.74, 6) is 1.17. The summed E-state index contributed by atoms with van der Waals surface area (Å²) in [6.45, 7) is 7.39. The Hall–Kier alpha value is -0.770. The molecule has 0 aromatic rings. The fourth-order valence-electron chi connectivity index (χ4n) is 3.40. The molecule has 19 heavy (non-hydrogen) atoms. The molecule has 1 heterocycles. The Kier molecular flexibility index (Phi) is 4.39. The molecular formula is C15H28N2O2. The van der Waals surface area contributed by atoms with Crippen molar-refractivity contribution in [2.75, 3.05) is 13.1 Å². The van der Waals surface area contributed by atoms with Crippen LogP contribution >= 0.6 is 0 Å². The van der Waals surface area contributed by atoms with Crippen molar-refractivity contribution in [2.24, 2.45) is 17.6 Å². The molecular weight excluding hydrogens is 240 g/mol. The van der Waals surface area contributed by atoms with E-state index in [1.54, 1.807) is 0 Å². The van der Waals surface area contributed by atoms with Crippen molar-refractivity contribution in [3.8, 4) is 0 Å². The maximum absolute atomic E-state index is 12.0. The van der Waals surface area contributed by atoms with Gasteiger partial charge in [0.15, 0.2) is 0 Å². The molecule has 1 amide bonds. The second-order valence-corrected chi connectivity index (χ2v) is 7.09. The lowest BCUT2D eigenvalue weighted by atomic mass is 9.76. The van der Waals surface area contributed by atoms with Gasteiger partial charge in [-0.25, -0.2) is 4.79 Å². The zero-order valence-electron chi connectivity index (χ0n) is 12.5. The standard InChI is InChI=1S/C15H28N2O2/c1-15(2,3)19-14(18)17-9-8-11(10-17)12-6-4-5-7-13(12)16/h11-13H,4-10,16H2,1-3H3. The number of hydrogen-bond donors (Lipinski definition) is 1. The summed E-state index contributed by atoms with van der Waals surface area (Å²) in [5, 5.41) is 0. The van der Waals surface area contributed by atoms with E-state index in [-0.39, 0.29) is 6.09 Å². The first kappa shape index (κ1) is 14.6. The second-order valence-electron chi connectivity index (χ2n) is 7.09. The minimum atomic E-state index is -0.406. The smallest absolute Gasteiger partial charge is 0.410 e. The molecule has 0 bridgehead atoms. The molecule has 1 aliphatic carbocycles. The van der Waals surface area contributed by atoms with Gasteiger partial charge in [-0.05, 0) is 51.9 Å². The quantitative estimate of drug-likeness (QED) is 0.795. The van der Waals surface area contributed by atoms with Crippen LogP contribution in [0.3, 0.4) is 0 Å². The van der Waals surface area contributed by atoms with Gasteiger partial charge in [-0.3, -0.25) is 0 Å². The normalized spacial score (nSPS) is 32.4. The molecule has 2 fully saturated rings. The van der Waals surface area contributed by atoms with E-state index >= 15 is 0 Å². The fraction of sp³-hybridized carbons (Fsp3) is 0.933. The maximum Gasteiger partial charge on any atom is 0.410 e. The molecule has 2 aliphatic rings. The summed E-state index contributed by atoms with van der Waals surface area (Å²) >= 11 is 0. The minimum absolute atomic E-state index is 0.167. The van der Waals surface area contributed by atoms with Gasteiger partial charge >= 0.3 is 6.09 Å². The third kappa shape index (κ3) is 3.85. The second kappa shape index (κ2) is 5.70. The van der Waals surface area contributed by atoms with Crippen LogP contribution in [-0.2, 0) is 4.74 Å². The van der Waals surface area contributed by atoms with Crippen LogP contribution in [0.4, 0.5) is 4.79 Å². The molecule has 110 valence electrons. The average Bonchev–Trinajstić information content (AvgIpc) is 2.76. The average molecular weight is 268 g/mol. The predicted octanol–water partition coefficient (Wildman–Crippen LogP) is 2.76. The van der Waals surface area contributed by atoms with Crippen molar-refractivity contribution in [3.63, 3.8) is 0 Å². The van der Waals surface area contributed by atoms with E-state index in [4.69, 9.17) is 10.5 Å². The molecule has 0 radical (unpaired) electrons. The zero-order valence-corrected chi connectivity index (χ0v) is 12.5. The lowest BCUT2D eigenvalue weighted by Crippen LogP contribution is -2.40. The summed E-state index contributed by atoms with van der Waals surface area (Å²) in [6.07, 6.45) is 5.85. The number of ether oxygens (including phenoxy) is 1. The van der Waals surface area contributed by atoms with E-state index in [2.05, 4.69) is 0 Å². The van der Waals surface area contributed by atoms with Gasteiger partial charge in [-0.2, -0.15) is 0 Å². The summed E-state index contributed by atoms with van der Waals surface area (Å²) in [4.78, 5) is 13.9. The number of hydrogen-bond acceptors (Lipinski definition) is 3. The number of amides is 1. The van der Waals surface area contributed by atoms with Gasteiger partial charge in [0.25, 0.3) is 0 Å². The Morgan fingerprint density at radius 3 is 2.53 bits per heavy atom. The molecule has 3 unspecified atom stereocenters. The molecule has 4 heteroatoms. The molecule has 0 spiro atoms. The summed E-state index contributed by atoms with van der Waals surface area (Å²) in [6, 6.07) is 0.331. The molecule has 1 saturated carbocycles. The Balaban J connectivity index is 1.87. The highest BCUT2D eigenvalue weighted by molar-refractivity contribution is 5.68. The van der Waals surface area contributed by atoms with Gasteiger partial charge in [-0.1, -0.05) is 12.8 Å².